The van der Waals surface area contributed by atoms with Crippen LogP contribution in [0.1, 0.15) is 13.8 Å². The molecule has 0 saturated heterocycles. The molecule has 0 fully saturated rings. The van der Waals surface area contributed by atoms with E-state index in [1.807, 2.05) is 11.9 Å². The van der Waals surface area contributed by atoms with Crippen molar-refractivity contribution in [2.75, 3.05) is 39.6 Å². The molecular formula is C10H24N2O3S. The van der Waals surface area contributed by atoms with E-state index in [-0.39, 0.29) is 17.0 Å². The zero-order valence-corrected chi connectivity index (χ0v) is 11.5. The largest absolute Gasteiger partial charge is 0.383 e. The van der Waals surface area contributed by atoms with Crippen molar-refractivity contribution in [3.63, 3.8) is 0 Å². The van der Waals surface area contributed by atoms with Gasteiger partial charge in [0.25, 0.3) is 0 Å². The number of hydrogen-bond donors (Lipinski definition) is 1. The van der Waals surface area contributed by atoms with Gasteiger partial charge in [-0.05, 0) is 20.9 Å². The van der Waals surface area contributed by atoms with Crippen molar-refractivity contribution in [2.45, 2.75) is 25.1 Å². The Hall–Kier alpha value is -0.170. The Morgan fingerprint density at radius 3 is 2.38 bits per heavy atom. The number of likely N-dealkylation sites (N-methyl/N-ethyl adjacent to an activating group) is 1. The molecule has 0 aliphatic heterocycles. The summed E-state index contributed by atoms with van der Waals surface area (Å²) in [5.41, 5.74) is 5.77. The minimum Gasteiger partial charge on any atom is -0.383 e. The fourth-order valence-electron chi connectivity index (χ4n) is 1.28. The molecule has 2 N–H and O–H groups in total. The Bertz CT molecular complexity index is 278. The van der Waals surface area contributed by atoms with Crippen molar-refractivity contribution in [2.24, 2.45) is 5.73 Å². The molecule has 0 aromatic heterocycles. The van der Waals surface area contributed by atoms with Crippen LogP contribution in [0.25, 0.3) is 0 Å². The molecule has 0 aliphatic carbocycles. The Kier molecular flexibility index (Phi) is 7.14. The van der Waals surface area contributed by atoms with Gasteiger partial charge in [0.1, 0.15) is 0 Å². The van der Waals surface area contributed by atoms with Gasteiger partial charge >= 0.3 is 0 Å². The average molecular weight is 252 g/mol. The maximum Gasteiger partial charge on any atom is 0.153 e. The molecule has 0 saturated carbocycles. The highest BCUT2D eigenvalue weighted by atomic mass is 32.2. The number of ether oxygens (including phenoxy) is 1. The lowest BCUT2D eigenvalue weighted by Gasteiger charge is -2.21. The number of nitrogens with zero attached hydrogens (tertiary/aromatic N) is 1. The molecule has 0 bridgehead atoms. The first-order valence-electron chi connectivity index (χ1n) is 5.44. The van der Waals surface area contributed by atoms with E-state index in [0.717, 1.165) is 0 Å². The molecule has 1 atom stereocenters. The van der Waals surface area contributed by atoms with Crippen LogP contribution in [-0.4, -0.2) is 64.2 Å². The standard InChI is InChI=1S/C10H24N2O3S/c1-9(2)16(13,14)6-5-12(3)7-10(11)8-15-4/h9-10H,5-8,11H2,1-4H3. The topological polar surface area (TPSA) is 72.6 Å². The lowest BCUT2D eigenvalue weighted by Crippen LogP contribution is -2.40. The van der Waals surface area contributed by atoms with E-state index in [1.54, 1.807) is 21.0 Å². The van der Waals surface area contributed by atoms with Crippen LogP contribution in [0.2, 0.25) is 0 Å². The van der Waals surface area contributed by atoms with Gasteiger partial charge in [0.05, 0.1) is 17.6 Å². The first-order chi connectivity index (χ1) is 7.29. The summed E-state index contributed by atoms with van der Waals surface area (Å²) in [6.45, 7) is 5.04. The summed E-state index contributed by atoms with van der Waals surface area (Å²) >= 11 is 0. The molecule has 98 valence electrons. The van der Waals surface area contributed by atoms with Crippen LogP contribution < -0.4 is 5.73 Å². The minimum atomic E-state index is -2.96. The zero-order chi connectivity index (χ0) is 12.8. The number of nitrogens with two attached hydrogens (primary N) is 1. The lowest BCUT2D eigenvalue weighted by molar-refractivity contribution is 0.163. The Balaban J connectivity index is 3.94. The van der Waals surface area contributed by atoms with Gasteiger partial charge < -0.3 is 15.4 Å². The third kappa shape index (κ3) is 6.42. The summed E-state index contributed by atoms with van der Waals surface area (Å²) in [7, 11) is 0.512. The van der Waals surface area contributed by atoms with Crippen LogP contribution >= 0.6 is 0 Å². The van der Waals surface area contributed by atoms with Crippen LogP contribution in [0.15, 0.2) is 0 Å². The van der Waals surface area contributed by atoms with Crippen molar-refractivity contribution >= 4 is 9.84 Å². The predicted molar refractivity (Wildman–Crippen MR) is 66.3 cm³/mol. The van der Waals surface area contributed by atoms with Crippen molar-refractivity contribution in [3.8, 4) is 0 Å². The van der Waals surface area contributed by atoms with Gasteiger partial charge in [0, 0.05) is 26.2 Å². The Morgan fingerprint density at radius 2 is 1.94 bits per heavy atom. The third-order valence-electron chi connectivity index (χ3n) is 2.40. The van der Waals surface area contributed by atoms with Gasteiger partial charge in [-0.1, -0.05) is 0 Å². The minimum absolute atomic E-state index is 0.0724. The van der Waals surface area contributed by atoms with Gasteiger partial charge in [0.2, 0.25) is 0 Å². The van der Waals surface area contributed by atoms with Gasteiger partial charge in [-0.3, -0.25) is 0 Å². The second-order valence-electron chi connectivity index (χ2n) is 4.39. The van der Waals surface area contributed by atoms with Crippen molar-refractivity contribution in [1.29, 1.82) is 0 Å². The second-order valence-corrected chi connectivity index (χ2v) is 7.07. The molecule has 0 aromatic carbocycles. The molecule has 6 heteroatoms. The van der Waals surface area contributed by atoms with Crippen LogP contribution in [0.4, 0.5) is 0 Å². The normalized spacial score (nSPS) is 14.7. The summed E-state index contributed by atoms with van der Waals surface area (Å²) in [5.74, 6) is 0.181. The summed E-state index contributed by atoms with van der Waals surface area (Å²) in [6.07, 6.45) is 0. The number of hydrogen-bond acceptors (Lipinski definition) is 5. The van der Waals surface area contributed by atoms with E-state index in [9.17, 15) is 8.42 Å². The monoisotopic (exact) mass is 252 g/mol. The summed E-state index contributed by atoms with van der Waals surface area (Å²) in [5, 5.41) is -0.312. The smallest absolute Gasteiger partial charge is 0.153 e. The van der Waals surface area contributed by atoms with Gasteiger partial charge in [-0.25, -0.2) is 8.42 Å². The highest BCUT2D eigenvalue weighted by molar-refractivity contribution is 7.92. The quantitative estimate of drug-likeness (QED) is 0.643. The van der Waals surface area contributed by atoms with Gasteiger partial charge in [-0.2, -0.15) is 0 Å². The van der Waals surface area contributed by atoms with E-state index in [4.69, 9.17) is 10.5 Å². The molecule has 0 aliphatic rings. The highest BCUT2D eigenvalue weighted by Gasteiger charge is 2.17. The van der Waals surface area contributed by atoms with Crippen molar-refractivity contribution < 1.29 is 13.2 Å². The zero-order valence-electron chi connectivity index (χ0n) is 10.6. The fourth-order valence-corrected chi connectivity index (χ4v) is 2.31. The van der Waals surface area contributed by atoms with Crippen LogP contribution in [0.5, 0.6) is 0 Å². The number of rotatable bonds is 8. The maximum atomic E-state index is 11.6. The number of sulfone groups is 1. The van der Waals surface area contributed by atoms with Crippen molar-refractivity contribution in [3.05, 3.63) is 0 Å². The van der Waals surface area contributed by atoms with E-state index < -0.39 is 9.84 Å². The molecule has 0 heterocycles. The molecule has 16 heavy (non-hydrogen) atoms. The molecule has 5 nitrogen and oxygen atoms in total. The SMILES string of the molecule is COCC(N)CN(C)CCS(=O)(=O)C(C)C. The van der Waals surface area contributed by atoms with Crippen LogP contribution in [0.3, 0.4) is 0 Å². The second kappa shape index (κ2) is 7.21. The molecule has 0 rings (SSSR count). The van der Waals surface area contributed by atoms with E-state index >= 15 is 0 Å². The summed E-state index contributed by atoms with van der Waals surface area (Å²) in [6, 6.07) is -0.0724. The fraction of sp³-hybridized carbons (Fsp3) is 1.00. The first kappa shape index (κ1) is 15.8. The maximum absolute atomic E-state index is 11.6. The van der Waals surface area contributed by atoms with Gasteiger partial charge in [0.15, 0.2) is 9.84 Å². The first-order valence-corrected chi connectivity index (χ1v) is 7.15. The molecule has 0 radical (unpaired) electrons. The van der Waals surface area contributed by atoms with Crippen LogP contribution in [0, 0.1) is 0 Å². The summed E-state index contributed by atoms with van der Waals surface area (Å²) < 4.78 is 28.0. The molecular weight excluding hydrogens is 228 g/mol. The van der Waals surface area contributed by atoms with E-state index in [1.165, 1.54) is 0 Å². The lowest BCUT2D eigenvalue weighted by atomic mass is 10.3. The van der Waals surface area contributed by atoms with Crippen LogP contribution in [-0.2, 0) is 14.6 Å². The molecule has 1 unspecified atom stereocenters. The molecule has 0 aromatic rings. The van der Waals surface area contributed by atoms with Gasteiger partial charge in [-0.15, -0.1) is 0 Å². The highest BCUT2D eigenvalue weighted by Crippen LogP contribution is 2.01. The van der Waals surface area contributed by atoms with E-state index in [0.29, 0.717) is 19.7 Å². The number of methoxy groups -OCH3 is 1. The van der Waals surface area contributed by atoms with Crippen molar-refractivity contribution in [1.82, 2.24) is 4.90 Å². The third-order valence-corrected chi connectivity index (χ3v) is 4.59. The van der Waals surface area contributed by atoms with E-state index in [2.05, 4.69) is 0 Å². The molecule has 0 amide bonds. The summed E-state index contributed by atoms with van der Waals surface area (Å²) in [4.78, 5) is 1.92. The predicted octanol–water partition coefficient (Wildman–Crippen LogP) is -0.285. The Labute approximate surface area is 98.9 Å². The molecule has 0 spiro atoms. The average Bonchev–Trinajstić information content (AvgIpc) is 2.15. The Morgan fingerprint density at radius 1 is 1.38 bits per heavy atom.